The minimum Gasteiger partial charge on any atom is -0.0590 e. The summed E-state index contributed by atoms with van der Waals surface area (Å²) >= 11 is 3.44. The van der Waals surface area contributed by atoms with Gasteiger partial charge >= 0.3 is 0 Å². The Balaban J connectivity index is 2.15. The second kappa shape index (κ2) is 4.63. The molecular weight excluding hydrogens is 248 g/mol. The zero-order valence-corrected chi connectivity index (χ0v) is 10.3. The van der Waals surface area contributed by atoms with Crippen LogP contribution in [-0.4, -0.2) is 0 Å². The zero-order valence-electron chi connectivity index (χ0n) is 8.70. The van der Waals surface area contributed by atoms with Crippen molar-refractivity contribution in [1.82, 2.24) is 0 Å². The first-order chi connectivity index (χ1) is 7.24. The number of benzene rings is 2. The largest absolute Gasteiger partial charge is 0.0590 e. The van der Waals surface area contributed by atoms with Crippen molar-refractivity contribution in [2.75, 3.05) is 0 Å². The van der Waals surface area contributed by atoms with Gasteiger partial charge in [0, 0.05) is 4.47 Å². The smallest absolute Gasteiger partial charge is 0.0175 e. The van der Waals surface area contributed by atoms with E-state index in [0.717, 1.165) is 10.9 Å². The zero-order chi connectivity index (χ0) is 10.7. The van der Waals surface area contributed by atoms with Crippen molar-refractivity contribution in [1.29, 1.82) is 0 Å². The number of rotatable bonds is 2. The van der Waals surface area contributed by atoms with Crippen LogP contribution >= 0.6 is 15.9 Å². The van der Waals surface area contributed by atoms with Gasteiger partial charge in [-0.3, -0.25) is 0 Å². The molecule has 0 spiro atoms. The molecule has 0 saturated carbocycles. The van der Waals surface area contributed by atoms with Gasteiger partial charge in [-0.05, 0) is 36.6 Å². The first kappa shape index (κ1) is 10.4. The van der Waals surface area contributed by atoms with Crippen LogP contribution in [0, 0.1) is 6.92 Å². The quantitative estimate of drug-likeness (QED) is 0.754. The van der Waals surface area contributed by atoms with E-state index in [1.807, 2.05) is 0 Å². The molecule has 0 N–H and O–H groups in total. The van der Waals surface area contributed by atoms with Gasteiger partial charge in [-0.15, -0.1) is 0 Å². The Morgan fingerprint density at radius 2 is 1.27 bits per heavy atom. The fourth-order valence-electron chi connectivity index (χ4n) is 1.54. The average molecular weight is 261 g/mol. The molecule has 76 valence electrons. The Morgan fingerprint density at radius 1 is 0.800 bits per heavy atom. The SMILES string of the molecule is Cc1ccc(Cc2ccc(Br)cc2)cc1. The summed E-state index contributed by atoms with van der Waals surface area (Å²) in [5, 5.41) is 0. The standard InChI is InChI=1S/C14H13Br/c1-11-2-4-12(5-3-11)10-13-6-8-14(15)9-7-13/h2-9H,10H2,1H3. The molecular formula is C14H13Br. The molecule has 0 heterocycles. The van der Waals surface area contributed by atoms with Crippen LogP contribution in [0.4, 0.5) is 0 Å². The number of hydrogen-bond acceptors (Lipinski definition) is 0. The minimum absolute atomic E-state index is 1.01. The molecule has 2 aromatic carbocycles. The second-order valence-corrected chi connectivity index (χ2v) is 4.70. The molecule has 2 aromatic rings. The fourth-order valence-corrected chi connectivity index (χ4v) is 1.81. The Morgan fingerprint density at radius 3 is 1.80 bits per heavy atom. The van der Waals surface area contributed by atoms with Crippen LogP contribution in [0.3, 0.4) is 0 Å². The van der Waals surface area contributed by atoms with Crippen LogP contribution in [-0.2, 0) is 6.42 Å². The van der Waals surface area contributed by atoms with E-state index in [1.54, 1.807) is 0 Å². The van der Waals surface area contributed by atoms with Gasteiger partial charge in [-0.1, -0.05) is 57.9 Å². The molecule has 0 aliphatic carbocycles. The molecule has 0 bridgehead atoms. The molecule has 0 aromatic heterocycles. The summed E-state index contributed by atoms with van der Waals surface area (Å²) in [6.45, 7) is 2.11. The Kier molecular flexibility index (Phi) is 3.22. The van der Waals surface area contributed by atoms with Gasteiger partial charge < -0.3 is 0 Å². The number of halogens is 1. The normalized spacial score (nSPS) is 10.3. The lowest BCUT2D eigenvalue weighted by Crippen LogP contribution is -1.87. The highest BCUT2D eigenvalue weighted by Crippen LogP contribution is 2.14. The van der Waals surface area contributed by atoms with Crippen molar-refractivity contribution in [2.45, 2.75) is 13.3 Å². The maximum atomic E-state index is 3.44. The summed E-state index contributed by atoms with van der Waals surface area (Å²) < 4.78 is 1.13. The molecule has 0 fully saturated rings. The molecule has 15 heavy (non-hydrogen) atoms. The van der Waals surface area contributed by atoms with Crippen LogP contribution in [0.1, 0.15) is 16.7 Å². The molecule has 0 nitrogen and oxygen atoms in total. The van der Waals surface area contributed by atoms with E-state index in [2.05, 4.69) is 71.4 Å². The van der Waals surface area contributed by atoms with Crippen molar-refractivity contribution in [2.24, 2.45) is 0 Å². The first-order valence-electron chi connectivity index (χ1n) is 5.04. The maximum Gasteiger partial charge on any atom is 0.0175 e. The summed E-state index contributed by atoms with van der Waals surface area (Å²) in [7, 11) is 0. The molecule has 0 unspecified atom stereocenters. The lowest BCUT2D eigenvalue weighted by Gasteiger charge is -2.02. The Hall–Kier alpha value is -1.08. The lowest BCUT2D eigenvalue weighted by atomic mass is 10.0. The molecule has 0 radical (unpaired) electrons. The molecule has 1 heteroatoms. The van der Waals surface area contributed by atoms with E-state index in [4.69, 9.17) is 0 Å². The number of aryl methyl sites for hydroxylation is 1. The fraction of sp³-hybridized carbons (Fsp3) is 0.143. The highest BCUT2D eigenvalue weighted by Gasteiger charge is 1.95. The maximum absolute atomic E-state index is 3.44. The van der Waals surface area contributed by atoms with Crippen molar-refractivity contribution >= 4 is 15.9 Å². The van der Waals surface area contributed by atoms with Crippen molar-refractivity contribution in [3.8, 4) is 0 Å². The van der Waals surface area contributed by atoms with E-state index in [0.29, 0.717) is 0 Å². The van der Waals surface area contributed by atoms with Crippen LogP contribution < -0.4 is 0 Å². The molecule has 2 rings (SSSR count). The summed E-state index contributed by atoms with van der Waals surface area (Å²) in [6, 6.07) is 17.2. The summed E-state index contributed by atoms with van der Waals surface area (Å²) in [5.74, 6) is 0. The Bertz CT molecular complexity index is 382. The monoisotopic (exact) mass is 260 g/mol. The van der Waals surface area contributed by atoms with Crippen molar-refractivity contribution in [3.63, 3.8) is 0 Å². The van der Waals surface area contributed by atoms with Crippen LogP contribution in [0.5, 0.6) is 0 Å². The first-order valence-corrected chi connectivity index (χ1v) is 5.83. The van der Waals surface area contributed by atoms with Gasteiger partial charge in [0.15, 0.2) is 0 Å². The van der Waals surface area contributed by atoms with E-state index in [-0.39, 0.29) is 0 Å². The second-order valence-electron chi connectivity index (χ2n) is 3.79. The van der Waals surface area contributed by atoms with Gasteiger partial charge in [0.25, 0.3) is 0 Å². The average Bonchev–Trinajstić information content (AvgIpc) is 2.25. The van der Waals surface area contributed by atoms with Gasteiger partial charge in [0.05, 0.1) is 0 Å². The summed E-state index contributed by atoms with van der Waals surface area (Å²) in [6.07, 6.45) is 1.01. The van der Waals surface area contributed by atoms with Crippen LogP contribution in [0.15, 0.2) is 53.0 Å². The van der Waals surface area contributed by atoms with Crippen molar-refractivity contribution < 1.29 is 0 Å². The lowest BCUT2D eigenvalue weighted by molar-refractivity contribution is 1.18. The van der Waals surface area contributed by atoms with Gasteiger partial charge in [0.2, 0.25) is 0 Å². The van der Waals surface area contributed by atoms with E-state index < -0.39 is 0 Å². The molecule has 0 saturated heterocycles. The van der Waals surface area contributed by atoms with Gasteiger partial charge in [-0.25, -0.2) is 0 Å². The third kappa shape index (κ3) is 2.93. The highest BCUT2D eigenvalue weighted by molar-refractivity contribution is 9.10. The van der Waals surface area contributed by atoms with Crippen molar-refractivity contribution in [3.05, 3.63) is 69.7 Å². The topological polar surface area (TPSA) is 0 Å². The van der Waals surface area contributed by atoms with Crippen LogP contribution in [0.25, 0.3) is 0 Å². The highest BCUT2D eigenvalue weighted by atomic mass is 79.9. The van der Waals surface area contributed by atoms with E-state index in [9.17, 15) is 0 Å². The van der Waals surface area contributed by atoms with Crippen LogP contribution in [0.2, 0.25) is 0 Å². The third-order valence-corrected chi connectivity index (χ3v) is 2.97. The predicted molar refractivity (Wildman–Crippen MR) is 68.1 cm³/mol. The minimum atomic E-state index is 1.01. The van der Waals surface area contributed by atoms with E-state index in [1.165, 1.54) is 16.7 Å². The predicted octanol–water partition coefficient (Wildman–Crippen LogP) is 4.35. The summed E-state index contributed by atoms with van der Waals surface area (Å²) in [4.78, 5) is 0. The van der Waals surface area contributed by atoms with Gasteiger partial charge in [0.1, 0.15) is 0 Å². The molecule has 0 aliphatic heterocycles. The van der Waals surface area contributed by atoms with Gasteiger partial charge in [-0.2, -0.15) is 0 Å². The summed E-state index contributed by atoms with van der Waals surface area (Å²) in [5.41, 5.74) is 4.03. The van der Waals surface area contributed by atoms with E-state index >= 15 is 0 Å². The third-order valence-electron chi connectivity index (χ3n) is 2.44. The Labute approximate surface area is 99.1 Å². The molecule has 0 amide bonds. The molecule has 0 atom stereocenters. The number of hydrogen-bond donors (Lipinski definition) is 0. The molecule has 0 aliphatic rings.